The van der Waals surface area contributed by atoms with Crippen molar-refractivity contribution in [1.29, 1.82) is 5.26 Å². The first-order valence-electron chi connectivity index (χ1n) is 6.27. The zero-order valence-corrected chi connectivity index (χ0v) is 16.2. The molecule has 1 amide bonds. The molecule has 0 heterocycles. The number of rotatable bonds is 3. The Bertz CT molecular complexity index is 801. The Morgan fingerprint density at radius 1 is 1.13 bits per heavy atom. The van der Waals surface area contributed by atoms with Crippen molar-refractivity contribution in [2.45, 2.75) is 0 Å². The molecular weight excluding hydrogens is 492 g/mol. The molecule has 23 heavy (non-hydrogen) atoms. The summed E-state index contributed by atoms with van der Waals surface area (Å²) < 4.78 is 1.82. The van der Waals surface area contributed by atoms with Gasteiger partial charge in [-0.05, 0) is 79.9 Å². The average Bonchev–Trinajstić information content (AvgIpc) is 2.52. The number of hydrogen-bond donors (Lipinski definition) is 2. The lowest BCUT2D eigenvalue weighted by Gasteiger charge is -2.05. The van der Waals surface area contributed by atoms with Crippen LogP contribution < -0.4 is 5.32 Å². The van der Waals surface area contributed by atoms with Crippen molar-refractivity contribution in [3.8, 4) is 11.8 Å². The van der Waals surface area contributed by atoms with Crippen molar-refractivity contribution < 1.29 is 9.90 Å². The van der Waals surface area contributed by atoms with E-state index in [1.165, 1.54) is 6.08 Å². The number of amides is 1. The predicted molar refractivity (Wildman–Crippen MR) is 99.9 cm³/mol. The highest BCUT2D eigenvalue weighted by atomic mass is 79.9. The van der Waals surface area contributed by atoms with Gasteiger partial charge >= 0.3 is 0 Å². The van der Waals surface area contributed by atoms with Crippen molar-refractivity contribution >= 4 is 65.5 Å². The first-order chi connectivity index (χ1) is 10.9. The van der Waals surface area contributed by atoms with E-state index in [0.717, 1.165) is 4.47 Å². The Labute approximate surface area is 158 Å². The number of nitriles is 1. The average molecular weight is 501 g/mol. The molecule has 0 bridgehead atoms. The number of benzene rings is 2. The molecule has 4 nitrogen and oxygen atoms in total. The van der Waals surface area contributed by atoms with Gasteiger partial charge in [-0.1, -0.05) is 15.9 Å². The second kappa shape index (κ2) is 7.77. The van der Waals surface area contributed by atoms with Gasteiger partial charge < -0.3 is 10.4 Å². The summed E-state index contributed by atoms with van der Waals surface area (Å²) in [5.41, 5.74) is 1.15. The fourth-order valence-corrected chi connectivity index (χ4v) is 3.20. The van der Waals surface area contributed by atoms with Crippen molar-refractivity contribution in [2.24, 2.45) is 0 Å². The fraction of sp³-hybridized carbons (Fsp3) is 0. The molecular formula is C16H9Br3N2O2. The second-order valence-corrected chi connectivity index (χ2v) is 7.09. The number of nitrogens with zero attached hydrogens (tertiary/aromatic N) is 1. The molecule has 0 fully saturated rings. The molecule has 0 aromatic heterocycles. The first-order valence-corrected chi connectivity index (χ1v) is 8.65. The number of phenolic OH excluding ortho intramolecular Hbond substituents is 1. The van der Waals surface area contributed by atoms with E-state index in [1.807, 2.05) is 6.07 Å². The van der Waals surface area contributed by atoms with Crippen LogP contribution in [0.25, 0.3) is 6.08 Å². The van der Waals surface area contributed by atoms with Crippen LogP contribution in [0, 0.1) is 11.3 Å². The molecule has 7 heteroatoms. The summed E-state index contributed by atoms with van der Waals surface area (Å²) in [5, 5.41) is 21.6. The lowest BCUT2D eigenvalue weighted by Crippen LogP contribution is -2.13. The Morgan fingerprint density at radius 2 is 1.70 bits per heavy atom. The normalized spacial score (nSPS) is 11.0. The lowest BCUT2D eigenvalue weighted by atomic mass is 10.1. The van der Waals surface area contributed by atoms with Crippen LogP contribution in [0.3, 0.4) is 0 Å². The Hall–Kier alpha value is -1.62. The maximum atomic E-state index is 12.2. The van der Waals surface area contributed by atoms with Crippen molar-refractivity contribution in [2.75, 3.05) is 5.32 Å². The summed E-state index contributed by atoms with van der Waals surface area (Å²) in [6.45, 7) is 0. The van der Waals surface area contributed by atoms with Crippen LogP contribution in [0.1, 0.15) is 5.56 Å². The number of anilines is 1. The topological polar surface area (TPSA) is 73.1 Å². The van der Waals surface area contributed by atoms with E-state index in [4.69, 9.17) is 0 Å². The standard InChI is InChI=1S/C16H9Br3N2O2/c17-11-1-3-12(4-2-11)21-16(23)10(8-20)5-9-6-13(18)15(22)14(19)7-9/h1-7,22H,(H,21,23)/b10-5-. The molecule has 0 saturated carbocycles. The number of aromatic hydroxyl groups is 1. The van der Waals surface area contributed by atoms with E-state index in [1.54, 1.807) is 36.4 Å². The fourth-order valence-electron chi connectivity index (χ4n) is 1.72. The molecule has 0 atom stereocenters. The van der Waals surface area contributed by atoms with Gasteiger partial charge in [-0.3, -0.25) is 4.79 Å². The van der Waals surface area contributed by atoms with Gasteiger partial charge in [0.1, 0.15) is 17.4 Å². The molecule has 2 aromatic carbocycles. The molecule has 0 aliphatic carbocycles. The summed E-state index contributed by atoms with van der Waals surface area (Å²) in [6, 6.07) is 12.1. The van der Waals surface area contributed by atoms with Crippen LogP contribution in [-0.2, 0) is 4.79 Å². The summed E-state index contributed by atoms with van der Waals surface area (Å²) in [4.78, 5) is 12.2. The van der Waals surface area contributed by atoms with Crippen molar-refractivity contribution in [3.05, 3.63) is 61.0 Å². The summed E-state index contributed by atoms with van der Waals surface area (Å²) >= 11 is 9.73. The van der Waals surface area contributed by atoms with E-state index in [9.17, 15) is 15.2 Å². The first kappa shape index (κ1) is 17.7. The molecule has 2 rings (SSSR count). The van der Waals surface area contributed by atoms with Crippen molar-refractivity contribution in [1.82, 2.24) is 0 Å². The Balaban J connectivity index is 2.26. The monoisotopic (exact) mass is 498 g/mol. The minimum absolute atomic E-state index is 0.0441. The summed E-state index contributed by atoms with van der Waals surface area (Å²) in [6.07, 6.45) is 1.45. The molecule has 2 aromatic rings. The largest absolute Gasteiger partial charge is 0.506 e. The third kappa shape index (κ3) is 4.67. The Kier molecular flexibility index (Phi) is 5.99. The van der Waals surface area contributed by atoms with Gasteiger partial charge in [0.15, 0.2) is 0 Å². The molecule has 2 N–H and O–H groups in total. The third-order valence-electron chi connectivity index (χ3n) is 2.82. The highest BCUT2D eigenvalue weighted by Gasteiger charge is 2.11. The number of carbonyl (C=O) groups excluding carboxylic acids is 1. The minimum Gasteiger partial charge on any atom is -0.506 e. The number of phenols is 1. The van der Waals surface area contributed by atoms with Crippen LogP contribution in [-0.4, -0.2) is 11.0 Å². The van der Waals surface area contributed by atoms with Gasteiger partial charge in [0.25, 0.3) is 5.91 Å². The summed E-state index contributed by atoms with van der Waals surface area (Å²) in [7, 11) is 0. The zero-order valence-electron chi connectivity index (χ0n) is 11.5. The van der Waals surface area contributed by atoms with Gasteiger partial charge in [-0.15, -0.1) is 0 Å². The molecule has 0 unspecified atom stereocenters. The molecule has 0 aliphatic heterocycles. The van der Waals surface area contributed by atoms with Gasteiger partial charge in [-0.25, -0.2) is 0 Å². The van der Waals surface area contributed by atoms with E-state index < -0.39 is 5.91 Å². The SMILES string of the molecule is N#C/C(=C/c1cc(Br)c(O)c(Br)c1)C(=O)Nc1ccc(Br)cc1. The maximum absolute atomic E-state index is 12.2. The zero-order chi connectivity index (χ0) is 17.0. The number of carbonyl (C=O) groups is 1. The van der Waals surface area contributed by atoms with Gasteiger partial charge in [0, 0.05) is 10.2 Å². The molecule has 0 saturated heterocycles. The predicted octanol–water partition coefficient (Wildman–Crippen LogP) is 5.23. The van der Waals surface area contributed by atoms with Crippen LogP contribution in [0.4, 0.5) is 5.69 Å². The van der Waals surface area contributed by atoms with E-state index in [2.05, 4.69) is 53.1 Å². The third-order valence-corrected chi connectivity index (χ3v) is 4.56. The lowest BCUT2D eigenvalue weighted by molar-refractivity contribution is -0.112. The van der Waals surface area contributed by atoms with Gasteiger partial charge in [-0.2, -0.15) is 5.26 Å². The van der Waals surface area contributed by atoms with Gasteiger partial charge in [0.05, 0.1) is 8.95 Å². The smallest absolute Gasteiger partial charge is 0.266 e. The molecule has 116 valence electrons. The second-order valence-electron chi connectivity index (χ2n) is 4.46. The number of nitrogens with one attached hydrogen (secondary N) is 1. The molecule has 0 spiro atoms. The van der Waals surface area contributed by atoms with Crippen molar-refractivity contribution in [3.63, 3.8) is 0 Å². The number of hydrogen-bond acceptors (Lipinski definition) is 3. The summed E-state index contributed by atoms with van der Waals surface area (Å²) in [5.74, 6) is -0.449. The van der Waals surface area contributed by atoms with Crippen LogP contribution >= 0.6 is 47.8 Å². The Morgan fingerprint density at radius 3 is 2.22 bits per heavy atom. The highest BCUT2D eigenvalue weighted by Crippen LogP contribution is 2.34. The molecule has 0 aliphatic rings. The molecule has 0 radical (unpaired) electrons. The number of halogens is 3. The van der Waals surface area contributed by atoms with E-state index in [0.29, 0.717) is 20.2 Å². The van der Waals surface area contributed by atoms with Gasteiger partial charge in [0.2, 0.25) is 0 Å². The minimum atomic E-state index is -0.504. The van der Waals surface area contributed by atoms with Crippen LogP contribution in [0.5, 0.6) is 5.75 Å². The maximum Gasteiger partial charge on any atom is 0.266 e. The quantitative estimate of drug-likeness (QED) is 0.448. The van der Waals surface area contributed by atoms with E-state index in [-0.39, 0.29) is 11.3 Å². The highest BCUT2D eigenvalue weighted by molar-refractivity contribution is 9.11. The van der Waals surface area contributed by atoms with Crippen LogP contribution in [0.15, 0.2) is 55.4 Å². The van der Waals surface area contributed by atoms with E-state index >= 15 is 0 Å². The van der Waals surface area contributed by atoms with Crippen LogP contribution in [0.2, 0.25) is 0 Å².